The molecule has 0 spiro atoms. The number of carbonyl (C=O) groups excluding carboxylic acids is 1. The molecule has 1 saturated heterocycles. The Bertz CT molecular complexity index is 1300. The number of hydrogen-bond acceptors (Lipinski definition) is 9. The molecule has 3 aromatic rings. The Morgan fingerprint density at radius 2 is 1.87 bits per heavy atom. The third-order valence-corrected chi connectivity index (χ3v) is 9.08. The molecule has 1 fully saturated rings. The highest BCUT2D eigenvalue weighted by Gasteiger charge is 2.25. The van der Waals surface area contributed by atoms with Gasteiger partial charge in [-0.05, 0) is 84.2 Å². The molecule has 9 nitrogen and oxygen atoms in total. The smallest absolute Gasteiger partial charge is 0.209 e. The molecule has 1 amide bonds. The fraction of sp³-hybridized carbons (Fsp3) is 0.517. The lowest BCUT2D eigenvalue weighted by Crippen LogP contribution is -2.42. The summed E-state index contributed by atoms with van der Waals surface area (Å²) in [5.41, 5.74) is 11.1. The van der Waals surface area contributed by atoms with E-state index in [1.54, 1.807) is 18.3 Å². The Morgan fingerprint density at radius 3 is 2.49 bits per heavy atom. The first kappa shape index (κ1) is 28.8. The lowest BCUT2D eigenvalue weighted by Gasteiger charge is -2.37. The zero-order chi connectivity index (χ0) is 28.1. The highest BCUT2D eigenvalue weighted by molar-refractivity contribution is 7.19. The molecule has 1 aliphatic heterocycles. The van der Waals surface area contributed by atoms with Crippen LogP contribution in [0.15, 0.2) is 18.5 Å². The average Bonchev–Trinajstić information content (AvgIpc) is 3.33. The fourth-order valence-corrected chi connectivity index (χ4v) is 6.39. The number of aryl methyl sites for hydroxylation is 2. The standard InChI is InChI=1S/C24H31N7S.C5H11NO/c1-30(2)16-7-9-31(10-8-16)20-12-18(26)15(13-25)11-19(20)29-23-22-17-5-3-4-6-21(17)32-24(22)28-14-27-23;1-5(2)6(3)4-7/h11-14,16,25H,3-10,26H2,1-2H3,(H,27,28,29);4-5H,1-3H3. The first-order valence-electron chi connectivity index (χ1n) is 13.8. The number of piperidine rings is 1. The second kappa shape index (κ2) is 12.7. The normalized spacial score (nSPS) is 15.6. The van der Waals surface area contributed by atoms with Crippen molar-refractivity contribution in [3.05, 3.63) is 34.5 Å². The number of thiophene rings is 1. The third kappa shape index (κ3) is 6.50. The van der Waals surface area contributed by atoms with E-state index in [2.05, 4.69) is 39.2 Å². The molecule has 0 bridgehead atoms. The highest BCUT2D eigenvalue weighted by atomic mass is 32.1. The molecule has 2 aliphatic rings. The monoisotopic (exact) mass is 550 g/mol. The summed E-state index contributed by atoms with van der Waals surface area (Å²) in [4.78, 5) is 28.0. The highest BCUT2D eigenvalue weighted by Crippen LogP contribution is 2.41. The van der Waals surface area contributed by atoms with E-state index in [1.807, 2.05) is 37.3 Å². The Morgan fingerprint density at radius 1 is 1.15 bits per heavy atom. The predicted molar refractivity (Wildman–Crippen MR) is 164 cm³/mol. The summed E-state index contributed by atoms with van der Waals surface area (Å²) < 4.78 is 0. The summed E-state index contributed by atoms with van der Waals surface area (Å²) >= 11 is 1.81. The number of benzene rings is 1. The number of nitrogens with zero attached hydrogens (tertiary/aromatic N) is 5. The van der Waals surface area contributed by atoms with Crippen molar-refractivity contribution in [2.75, 3.05) is 50.2 Å². The van der Waals surface area contributed by atoms with Gasteiger partial charge in [0.05, 0.1) is 16.8 Å². The third-order valence-electron chi connectivity index (χ3n) is 7.88. The van der Waals surface area contributed by atoms with Gasteiger partial charge in [0, 0.05) is 54.6 Å². The van der Waals surface area contributed by atoms with Gasteiger partial charge in [-0.25, -0.2) is 9.97 Å². The van der Waals surface area contributed by atoms with Gasteiger partial charge in [-0.3, -0.25) is 4.79 Å². The second-order valence-electron chi connectivity index (χ2n) is 10.9. The minimum Gasteiger partial charge on any atom is -0.398 e. The van der Waals surface area contributed by atoms with Gasteiger partial charge in [0.2, 0.25) is 6.41 Å². The number of nitrogens with one attached hydrogen (secondary N) is 2. The van der Waals surface area contributed by atoms with Gasteiger partial charge in [-0.15, -0.1) is 11.3 Å². The largest absolute Gasteiger partial charge is 0.398 e. The molecule has 2 aromatic heterocycles. The summed E-state index contributed by atoms with van der Waals surface area (Å²) in [5.74, 6) is 0.861. The first-order valence-corrected chi connectivity index (χ1v) is 14.6. The molecule has 3 heterocycles. The van der Waals surface area contributed by atoms with Gasteiger partial charge in [-0.1, -0.05) is 0 Å². The van der Waals surface area contributed by atoms with Gasteiger partial charge in [-0.2, -0.15) is 0 Å². The van der Waals surface area contributed by atoms with E-state index >= 15 is 0 Å². The van der Waals surface area contributed by atoms with Crippen LogP contribution in [0.3, 0.4) is 0 Å². The topological polar surface area (TPSA) is 114 Å². The molecule has 1 aliphatic carbocycles. The molecule has 0 atom stereocenters. The van der Waals surface area contributed by atoms with E-state index < -0.39 is 0 Å². The molecular weight excluding hydrogens is 508 g/mol. The second-order valence-corrected chi connectivity index (χ2v) is 12.0. The van der Waals surface area contributed by atoms with Gasteiger partial charge in [0.25, 0.3) is 0 Å². The number of carbonyl (C=O) groups is 1. The molecular formula is C29H42N8OS. The SMILES string of the molecule is CC(C)N(C)C=O.CN(C)C1CCN(c2cc(N)c(C=N)cc2Nc2ncnc3sc4c(c23)CCCC4)CC1. The molecule has 0 radical (unpaired) electrons. The zero-order valence-electron chi connectivity index (χ0n) is 23.8. The number of amides is 1. The molecule has 0 saturated carbocycles. The van der Waals surface area contributed by atoms with Gasteiger partial charge in [0.15, 0.2) is 0 Å². The van der Waals surface area contributed by atoms with Crippen LogP contribution < -0.4 is 16.0 Å². The van der Waals surface area contributed by atoms with Crippen molar-refractivity contribution in [1.82, 2.24) is 19.8 Å². The summed E-state index contributed by atoms with van der Waals surface area (Å²) in [6.45, 7) is 5.89. The summed E-state index contributed by atoms with van der Waals surface area (Å²) in [5, 5.41) is 12.6. The van der Waals surface area contributed by atoms with Crippen molar-refractivity contribution in [2.24, 2.45) is 0 Å². The van der Waals surface area contributed by atoms with Crippen LogP contribution >= 0.6 is 11.3 Å². The van der Waals surface area contributed by atoms with Crippen molar-refractivity contribution in [1.29, 1.82) is 5.41 Å². The van der Waals surface area contributed by atoms with Crippen LogP contribution in [0.1, 0.15) is 55.5 Å². The maximum Gasteiger partial charge on any atom is 0.209 e. The molecule has 10 heteroatoms. The number of fused-ring (bicyclic) bond motifs is 3. The lowest BCUT2D eigenvalue weighted by molar-refractivity contribution is -0.118. The Hall–Kier alpha value is -3.24. The molecule has 0 unspecified atom stereocenters. The summed E-state index contributed by atoms with van der Waals surface area (Å²) in [6.07, 6.45) is 10.8. The van der Waals surface area contributed by atoms with E-state index in [1.165, 1.54) is 29.5 Å². The number of anilines is 4. The van der Waals surface area contributed by atoms with Crippen LogP contribution in [0, 0.1) is 5.41 Å². The Balaban J connectivity index is 0.000000448. The maximum atomic E-state index is 9.87. The Kier molecular flexibility index (Phi) is 9.40. The lowest BCUT2D eigenvalue weighted by atomic mass is 9.97. The van der Waals surface area contributed by atoms with Gasteiger partial charge < -0.3 is 31.2 Å². The predicted octanol–water partition coefficient (Wildman–Crippen LogP) is 4.91. The summed E-state index contributed by atoms with van der Waals surface area (Å²) in [7, 11) is 6.08. The minimum atomic E-state index is 0.331. The molecule has 5 rings (SSSR count). The van der Waals surface area contributed by atoms with Crippen molar-refractivity contribution in [2.45, 2.75) is 64.5 Å². The van der Waals surface area contributed by atoms with E-state index in [4.69, 9.17) is 11.1 Å². The van der Waals surface area contributed by atoms with E-state index in [9.17, 15) is 4.79 Å². The first-order chi connectivity index (χ1) is 18.7. The maximum absolute atomic E-state index is 9.87. The summed E-state index contributed by atoms with van der Waals surface area (Å²) in [6, 6.07) is 4.94. The number of nitrogen functional groups attached to an aromatic ring is 1. The quantitative estimate of drug-likeness (QED) is 0.218. The molecule has 39 heavy (non-hydrogen) atoms. The zero-order valence-corrected chi connectivity index (χ0v) is 24.6. The molecule has 210 valence electrons. The van der Waals surface area contributed by atoms with Gasteiger partial charge >= 0.3 is 0 Å². The van der Waals surface area contributed by atoms with Crippen LogP contribution in [0.25, 0.3) is 10.2 Å². The number of rotatable bonds is 7. The fourth-order valence-electron chi connectivity index (χ4n) is 5.17. The van der Waals surface area contributed by atoms with Crippen molar-refractivity contribution in [3.8, 4) is 0 Å². The van der Waals surface area contributed by atoms with Crippen LogP contribution in [-0.4, -0.2) is 78.7 Å². The van der Waals surface area contributed by atoms with Crippen molar-refractivity contribution in [3.63, 3.8) is 0 Å². The number of hydrogen-bond donors (Lipinski definition) is 3. The van der Waals surface area contributed by atoms with E-state index in [0.29, 0.717) is 17.8 Å². The average molecular weight is 551 g/mol. The van der Waals surface area contributed by atoms with E-state index in [0.717, 1.165) is 78.2 Å². The van der Waals surface area contributed by atoms with Crippen LogP contribution in [0.4, 0.5) is 22.9 Å². The molecule has 1 aromatic carbocycles. The van der Waals surface area contributed by atoms with Crippen LogP contribution in [-0.2, 0) is 17.6 Å². The van der Waals surface area contributed by atoms with Gasteiger partial charge in [0.1, 0.15) is 17.0 Å². The minimum absolute atomic E-state index is 0.331. The van der Waals surface area contributed by atoms with Crippen molar-refractivity contribution >= 4 is 57.1 Å². The number of aromatic nitrogens is 2. The molecule has 4 N–H and O–H groups in total. The van der Waals surface area contributed by atoms with Crippen LogP contribution in [0.2, 0.25) is 0 Å². The van der Waals surface area contributed by atoms with Crippen LogP contribution in [0.5, 0.6) is 0 Å². The van der Waals surface area contributed by atoms with Crippen molar-refractivity contribution < 1.29 is 4.79 Å². The number of nitrogens with two attached hydrogens (primary N) is 1. The van der Waals surface area contributed by atoms with E-state index in [-0.39, 0.29) is 0 Å². The Labute approximate surface area is 235 Å².